The first-order chi connectivity index (χ1) is 11.4. The van der Waals surface area contributed by atoms with Crippen molar-refractivity contribution < 1.29 is 22.7 Å². The highest BCUT2D eigenvalue weighted by Gasteiger charge is 2.28. The van der Waals surface area contributed by atoms with Gasteiger partial charge >= 0.3 is 6.18 Å². The Morgan fingerprint density at radius 2 is 2.00 bits per heavy atom. The predicted octanol–water partition coefficient (Wildman–Crippen LogP) is 3.15. The molecule has 0 unspecified atom stereocenters. The van der Waals surface area contributed by atoms with E-state index in [4.69, 9.17) is 0 Å². The van der Waals surface area contributed by atoms with Crippen LogP contribution in [0.1, 0.15) is 10.4 Å². The monoisotopic (exact) mass is 336 g/mol. The molecule has 1 aromatic carbocycles. The van der Waals surface area contributed by atoms with Crippen LogP contribution < -0.4 is 10.1 Å². The van der Waals surface area contributed by atoms with E-state index in [1.165, 1.54) is 12.1 Å². The number of para-hydroxylation sites is 2. The van der Waals surface area contributed by atoms with Gasteiger partial charge in [0.25, 0.3) is 5.91 Å². The molecule has 0 aliphatic rings. The smallest absolute Gasteiger partial charge is 0.422 e. The lowest BCUT2D eigenvalue weighted by molar-refractivity contribution is -0.154. The number of rotatable bonds is 4. The third-order valence-electron chi connectivity index (χ3n) is 3.00. The number of ether oxygens (including phenoxy) is 1. The summed E-state index contributed by atoms with van der Waals surface area (Å²) in [6.07, 6.45) is -3.32. The number of anilines is 1. The molecular formula is C15H11F3N4O2. The summed E-state index contributed by atoms with van der Waals surface area (Å²) in [4.78, 5) is 22.9. The molecule has 0 bridgehead atoms. The van der Waals surface area contributed by atoms with E-state index < -0.39 is 18.7 Å². The molecule has 0 spiro atoms. The molecule has 0 aliphatic heterocycles. The minimum atomic E-state index is -4.45. The third kappa shape index (κ3) is 3.80. The molecular weight excluding hydrogens is 325 g/mol. The van der Waals surface area contributed by atoms with Crippen LogP contribution in [0, 0.1) is 0 Å². The number of aromatic nitrogens is 3. The van der Waals surface area contributed by atoms with Crippen LogP contribution in [0.15, 0.2) is 42.6 Å². The van der Waals surface area contributed by atoms with Gasteiger partial charge in [-0.1, -0.05) is 12.1 Å². The second-order valence-electron chi connectivity index (χ2n) is 4.85. The Morgan fingerprint density at radius 1 is 1.21 bits per heavy atom. The van der Waals surface area contributed by atoms with Crippen LogP contribution in [0.25, 0.3) is 11.0 Å². The number of alkyl halides is 3. The summed E-state index contributed by atoms with van der Waals surface area (Å²) in [6, 6.07) is 9.76. The van der Waals surface area contributed by atoms with E-state index in [2.05, 4.69) is 25.0 Å². The number of hydrogen-bond donors (Lipinski definition) is 2. The topological polar surface area (TPSA) is 79.9 Å². The Labute approximate surface area is 133 Å². The second-order valence-corrected chi connectivity index (χ2v) is 4.85. The van der Waals surface area contributed by atoms with Crippen LogP contribution >= 0.6 is 0 Å². The molecule has 0 atom stereocenters. The van der Waals surface area contributed by atoms with Crippen LogP contribution in [-0.2, 0) is 0 Å². The minimum Gasteiger partial charge on any atom is -0.468 e. The van der Waals surface area contributed by atoms with Crippen molar-refractivity contribution >= 4 is 22.9 Å². The lowest BCUT2D eigenvalue weighted by Crippen LogP contribution is -2.19. The number of H-pyrrole nitrogens is 1. The van der Waals surface area contributed by atoms with Gasteiger partial charge in [-0.15, -0.1) is 0 Å². The summed E-state index contributed by atoms with van der Waals surface area (Å²) in [7, 11) is 0. The Morgan fingerprint density at radius 3 is 2.67 bits per heavy atom. The molecule has 2 aromatic heterocycles. The molecule has 0 aliphatic carbocycles. The lowest BCUT2D eigenvalue weighted by atomic mass is 10.3. The maximum Gasteiger partial charge on any atom is 0.422 e. The number of carbonyl (C=O) groups is 1. The molecule has 2 N–H and O–H groups in total. The van der Waals surface area contributed by atoms with E-state index in [-0.39, 0.29) is 17.4 Å². The fourth-order valence-corrected chi connectivity index (χ4v) is 1.95. The molecule has 2 heterocycles. The molecule has 3 rings (SSSR count). The van der Waals surface area contributed by atoms with Gasteiger partial charge in [0.15, 0.2) is 6.61 Å². The fraction of sp³-hybridized carbons (Fsp3) is 0.133. The number of amides is 1. The van der Waals surface area contributed by atoms with Crippen LogP contribution in [0.3, 0.4) is 0 Å². The van der Waals surface area contributed by atoms with Gasteiger partial charge < -0.3 is 9.72 Å². The lowest BCUT2D eigenvalue weighted by Gasteiger charge is -2.08. The van der Waals surface area contributed by atoms with Crippen molar-refractivity contribution in [1.82, 2.24) is 15.0 Å². The zero-order chi connectivity index (χ0) is 17.2. The van der Waals surface area contributed by atoms with Gasteiger partial charge in [0.05, 0.1) is 16.6 Å². The normalized spacial score (nSPS) is 11.5. The maximum absolute atomic E-state index is 12.1. The zero-order valence-electron chi connectivity index (χ0n) is 12.1. The summed E-state index contributed by atoms with van der Waals surface area (Å²) < 4.78 is 40.6. The Balaban J connectivity index is 1.66. The number of pyridine rings is 1. The number of aromatic amines is 1. The largest absolute Gasteiger partial charge is 0.468 e. The van der Waals surface area contributed by atoms with Crippen molar-refractivity contribution in [3.63, 3.8) is 0 Å². The van der Waals surface area contributed by atoms with E-state index in [0.29, 0.717) is 5.52 Å². The number of hydrogen-bond acceptors (Lipinski definition) is 4. The second kappa shape index (κ2) is 6.19. The maximum atomic E-state index is 12.1. The highest BCUT2D eigenvalue weighted by Crippen LogP contribution is 2.18. The third-order valence-corrected chi connectivity index (χ3v) is 3.00. The van der Waals surface area contributed by atoms with E-state index in [0.717, 1.165) is 11.7 Å². The summed E-state index contributed by atoms with van der Waals surface area (Å²) in [5.41, 5.74) is 1.62. The Kier molecular flexibility index (Phi) is 4.07. The van der Waals surface area contributed by atoms with Crippen LogP contribution in [0.4, 0.5) is 19.1 Å². The summed E-state index contributed by atoms with van der Waals surface area (Å²) >= 11 is 0. The summed E-state index contributed by atoms with van der Waals surface area (Å²) in [5.74, 6) is -0.449. The quantitative estimate of drug-likeness (QED) is 0.767. The summed E-state index contributed by atoms with van der Waals surface area (Å²) in [5, 5.41) is 2.56. The number of imidazole rings is 1. The van der Waals surface area contributed by atoms with Gasteiger partial charge in [0.1, 0.15) is 0 Å². The Bertz CT molecular complexity index is 826. The standard InChI is InChI=1S/C15H11F3N4O2/c16-15(17,18)8-24-12-6-5-9(7-19-12)13(23)22-14-20-10-3-1-2-4-11(10)21-14/h1-7H,8H2,(H2,20,21,22,23). The zero-order valence-corrected chi connectivity index (χ0v) is 12.1. The Hall–Kier alpha value is -3.10. The van der Waals surface area contributed by atoms with Gasteiger partial charge in [-0.25, -0.2) is 9.97 Å². The van der Waals surface area contributed by atoms with Gasteiger partial charge in [0.2, 0.25) is 11.8 Å². The molecule has 9 heteroatoms. The molecule has 1 amide bonds. The highest BCUT2D eigenvalue weighted by molar-refractivity contribution is 6.03. The molecule has 0 fully saturated rings. The first-order valence-electron chi connectivity index (χ1n) is 6.82. The van der Waals surface area contributed by atoms with Crippen LogP contribution in [0.5, 0.6) is 5.88 Å². The minimum absolute atomic E-state index is 0.162. The number of halogens is 3. The first-order valence-corrected chi connectivity index (χ1v) is 6.82. The van der Waals surface area contributed by atoms with Crippen molar-refractivity contribution in [3.8, 4) is 5.88 Å². The number of nitrogens with zero attached hydrogens (tertiary/aromatic N) is 2. The molecule has 0 radical (unpaired) electrons. The number of nitrogens with one attached hydrogen (secondary N) is 2. The van der Waals surface area contributed by atoms with Crippen molar-refractivity contribution in [1.29, 1.82) is 0 Å². The van der Waals surface area contributed by atoms with E-state index in [1.54, 1.807) is 6.07 Å². The summed E-state index contributed by atoms with van der Waals surface area (Å²) in [6.45, 7) is -1.44. The van der Waals surface area contributed by atoms with Crippen molar-refractivity contribution in [2.45, 2.75) is 6.18 Å². The fourth-order valence-electron chi connectivity index (χ4n) is 1.95. The molecule has 24 heavy (non-hydrogen) atoms. The molecule has 124 valence electrons. The van der Waals surface area contributed by atoms with Crippen LogP contribution in [-0.4, -0.2) is 33.6 Å². The highest BCUT2D eigenvalue weighted by atomic mass is 19.4. The number of benzene rings is 1. The predicted molar refractivity (Wildman–Crippen MR) is 79.8 cm³/mol. The molecule has 0 saturated heterocycles. The van der Waals surface area contributed by atoms with Crippen molar-refractivity contribution in [3.05, 3.63) is 48.2 Å². The molecule has 0 saturated carbocycles. The first kappa shape index (κ1) is 15.8. The van der Waals surface area contributed by atoms with Crippen molar-refractivity contribution in [2.75, 3.05) is 11.9 Å². The van der Waals surface area contributed by atoms with E-state index in [1.807, 2.05) is 18.2 Å². The number of carbonyl (C=O) groups excluding carboxylic acids is 1. The average Bonchev–Trinajstić information content (AvgIpc) is 2.95. The SMILES string of the molecule is O=C(Nc1nc2ccccc2[nH]1)c1ccc(OCC(F)(F)F)nc1. The number of fused-ring (bicyclic) bond motifs is 1. The van der Waals surface area contributed by atoms with E-state index in [9.17, 15) is 18.0 Å². The average molecular weight is 336 g/mol. The van der Waals surface area contributed by atoms with Gasteiger partial charge in [-0.2, -0.15) is 13.2 Å². The molecule has 3 aromatic rings. The van der Waals surface area contributed by atoms with Crippen molar-refractivity contribution in [2.24, 2.45) is 0 Å². The van der Waals surface area contributed by atoms with E-state index >= 15 is 0 Å². The van der Waals surface area contributed by atoms with Crippen LogP contribution in [0.2, 0.25) is 0 Å². The van der Waals surface area contributed by atoms with Gasteiger partial charge in [-0.05, 0) is 18.2 Å². The van der Waals surface area contributed by atoms with Gasteiger partial charge in [0, 0.05) is 12.3 Å². The van der Waals surface area contributed by atoms with Gasteiger partial charge in [-0.3, -0.25) is 10.1 Å². The molecule has 6 nitrogen and oxygen atoms in total.